The highest BCUT2D eigenvalue weighted by atomic mass is 16.6. The van der Waals surface area contributed by atoms with Gasteiger partial charge < -0.3 is 9.73 Å². The fourth-order valence-corrected chi connectivity index (χ4v) is 1.70. The minimum absolute atomic E-state index is 0.0155. The number of hydrogen-bond acceptors (Lipinski definition) is 6. The van der Waals surface area contributed by atoms with Gasteiger partial charge in [-0.2, -0.15) is 0 Å². The monoisotopic (exact) mass is 277 g/mol. The first-order valence-electron chi connectivity index (χ1n) is 5.69. The summed E-state index contributed by atoms with van der Waals surface area (Å²) < 4.78 is 5.00. The molecule has 1 aromatic carbocycles. The van der Waals surface area contributed by atoms with E-state index in [0.29, 0.717) is 17.0 Å². The molecule has 0 amide bonds. The summed E-state index contributed by atoms with van der Waals surface area (Å²) in [6.45, 7) is 1.99. The first-order valence-corrected chi connectivity index (χ1v) is 5.69. The van der Waals surface area contributed by atoms with Gasteiger partial charge >= 0.3 is 5.88 Å². The van der Waals surface area contributed by atoms with E-state index >= 15 is 0 Å². The zero-order valence-electron chi connectivity index (χ0n) is 10.5. The van der Waals surface area contributed by atoms with Crippen molar-refractivity contribution >= 4 is 17.3 Å². The molecule has 0 saturated heterocycles. The van der Waals surface area contributed by atoms with Gasteiger partial charge in [-0.15, -0.1) is 0 Å². The molecular weight excluding hydrogens is 266 g/mol. The maximum Gasteiger partial charge on any atom is 0.433 e. The van der Waals surface area contributed by atoms with Gasteiger partial charge in [-0.1, -0.05) is 0 Å². The molecule has 20 heavy (non-hydrogen) atoms. The van der Waals surface area contributed by atoms with E-state index < -0.39 is 9.85 Å². The molecule has 2 aromatic rings. The van der Waals surface area contributed by atoms with Crippen LogP contribution in [0.1, 0.15) is 11.3 Å². The number of anilines is 1. The topological polar surface area (TPSA) is 111 Å². The third-order valence-electron chi connectivity index (χ3n) is 2.70. The van der Waals surface area contributed by atoms with Crippen LogP contribution >= 0.6 is 0 Å². The van der Waals surface area contributed by atoms with E-state index in [4.69, 9.17) is 4.42 Å². The summed E-state index contributed by atoms with van der Waals surface area (Å²) in [6.07, 6.45) is 0. The van der Waals surface area contributed by atoms with Crippen molar-refractivity contribution in [1.29, 1.82) is 0 Å². The van der Waals surface area contributed by atoms with Crippen LogP contribution in [0.5, 0.6) is 0 Å². The van der Waals surface area contributed by atoms with E-state index in [1.807, 2.05) is 0 Å². The van der Waals surface area contributed by atoms with Gasteiger partial charge in [0.05, 0.1) is 17.5 Å². The van der Waals surface area contributed by atoms with Crippen LogP contribution in [-0.4, -0.2) is 9.85 Å². The number of rotatable bonds is 5. The van der Waals surface area contributed by atoms with Gasteiger partial charge in [0.25, 0.3) is 5.69 Å². The number of furan rings is 1. The Morgan fingerprint density at radius 2 is 1.90 bits per heavy atom. The predicted octanol–water partition coefficient (Wildman–Crippen LogP) is 3.02. The van der Waals surface area contributed by atoms with Crippen LogP contribution in [0.4, 0.5) is 17.3 Å². The van der Waals surface area contributed by atoms with Crippen molar-refractivity contribution in [3.8, 4) is 0 Å². The number of hydrogen-bond donors (Lipinski definition) is 1. The van der Waals surface area contributed by atoms with Gasteiger partial charge in [-0.25, -0.2) is 0 Å². The van der Waals surface area contributed by atoms with Gasteiger partial charge in [0.15, 0.2) is 0 Å². The largest absolute Gasteiger partial charge is 0.433 e. The lowest BCUT2D eigenvalue weighted by Crippen LogP contribution is -2.00. The van der Waals surface area contributed by atoms with E-state index in [-0.39, 0.29) is 18.1 Å². The molecule has 0 radical (unpaired) electrons. The number of benzene rings is 1. The minimum Gasteiger partial charge on any atom is -0.404 e. The Balaban J connectivity index is 2.06. The Labute approximate surface area is 113 Å². The first-order chi connectivity index (χ1) is 9.47. The van der Waals surface area contributed by atoms with Gasteiger partial charge in [0.1, 0.15) is 10.7 Å². The Bertz CT molecular complexity index is 665. The van der Waals surface area contributed by atoms with Crippen LogP contribution in [0, 0.1) is 27.2 Å². The molecule has 0 atom stereocenters. The van der Waals surface area contributed by atoms with Crippen LogP contribution in [0.15, 0.2) is 34.7 Å². The van der Waals surface area contributed by atoms with Gasteiger partial charge in [0, 0.05) is 17.8 Å². The highest BCUT2D eigenvalue weighted by Crippen LogP contribution is 2.22. The van der Waals surface area contributed by atoms with E-state index in [9.17, 15) is 20.2 Å². The van der Waals surface area contributed by atoms with Crippen molar-refractivity contribution < 1.29 is 14.3 Å². The Kier molecular flexibility index (Phi) is 3.65. The highest BCUT2D eigenvalue weighted by molar-refractivity contribution is 5.55. The highest BCUT2D eigenvalue weighted by Gasteiger charge is 2.12. The van der Waals surface area contributed by atoms with Crippen molar-refractivity contribution in [2.75, 3.05) is 5.32 Å². The summed E-state index contributed by atoms with van der Waals surface area (Å²) in [5.74, 6) is 0.0941. The van der Waals surface area contributed by atoms with Crippen LogP contribution in [-0.2, 0) is 6.54 Å². The molecule has 104 valence electrons. The zero-order chi connectivity index (χ0) is 14.7. The van der Waals surface area contributed by atoms with E-state index in [2.05, 4.69) is 5.32 Å². The number of aryl methyl sites for hydroxylation is 1. The quantitative estimate of drug-likeness (QED) is 0.664. The molecule has 0 aliphatic carbocycles. The van der Waals surface area contributed by atoms with Crippen molar-refractivity contribution in [3.63, 3.8) is 0 Å². The lowest BCUT2D eigenvalue weighted by atomic mass is 10.2. The molecule has 8 nitrogen and oxygen atoms in total. The Hall–Kier alpha value is -2.90. The minimum atomic E-state index is -0.610. The second kappa shape index (κ2) is 5.39. The summed E-state index contributed by atoms with van der Waals surface area (Å²) in [7, 11) is 0. The molecule has 1 N–H and O–H groups in total. The first kappa shape index (κ1) is 13.5. The predicted molar refractivity (Wildman–Crippen MR) is 70.5 cm³/mol. The lowest BCUT2D eigenvalue weighted by molar-refractivity contribution is -0.402. The average Bonchev–Trinajstić information content (AvgIpc) is 2.86. The average molecular weight is 277 g/mol. The van der Waals surface area contributed by atoms with Crippen LogP contribution in [0.3, 0.4) is 0 Å². The summed E-state index contributed by atoms with van der Waals surface area (Å²) >= 11 is 0. The molecule has 0 unspecified atom stereocenters. The molecule has 2 rings (SSSR count). The zero-order valence-corrected chi connectivity index (χ0v) is 10.5. The summed E-state index contributed by atoms with van der Waals surface area (Å²) in [4.78, 5) is 20.0. The van der Waals surface area contributed by atoms with Crippen molar-refractivity contribution in [1.82, 2.24) is 0 Å². The number of nitrogens with one attached hydrogen (secondary N) is 1. The maximum absolute atomic E-state index is 10.6. The second-order valence-electron chi connectivity index (χ2n) is 4.11. The molecule has 1 heterocycles. The SMILES string of the molecule is Cc1cc([N+](=O)[O-])ccc1NCc1ccc([N+](=O)[O-])o1. The fourth-order valence-electron chi connectivity index (χ4n) is 1.70. The molecular formula is C12H11N3O5. The molecule has 0 saturated carbocycles. The number of nitrogens with zero attached hydrogens (tertiary/aromatic N) is 2. The third-order valence-corrected chi connectivity index (χ3v) is 2.70. The molecule has 8 heteroatoms. The van der Waals surface area contributed by atoms with Crippen LogP contribution in [0.25, 0.3) is 0 Å². The van der Waals surface area contributed by atoms with Crippen molar-refractivity contribution in [3.05, 3.63) is 61.9 Å². The smallest absolute Gasteiger partial charge is 0.404 e. The van der Waals surface area contributed by atoms with Gasteiger partial charge in [0.2, 0.25) is 0 Å². The summed E-state index contributed by atoms with van der Waals surface area (Å²) in [5.41, 5.74) is 1.43. The summed E-state index contributed by atoms with van der Waals surface area (Å²) in [5, 5.41) is 24.1. The third kappa shape index (κ3) is 2.91. The molecule has 0 bridgehead atoms. The number of nitro groups is 2. The number of nitro benzene ring substituents is 1. The van der Waals surface area contributed by atoms with Crippen LogP contribution in [0.2, 0.25) is 0 Å². The Morgan fingerprint density at radius 1 is 1.15 bits per heavy atom. The number of non-ortho nitro benzene ring substituents is 1. The van der Waals surface area contributed by atoms with Gasteiger partial charge in [-0.3, -0.25) is 20.2 Å². The molecule has 0 spiro atoms. The Morgan fingerprint density at radius 3 is 2.45 bits per heavy atom. The maximum atomic E-state index is 10.6. The second-order valence-corrected chi connectivity index (χ2v) is 4.11. The molecule has 1 aromatic heterocycles. The van der Waals surface area contributed by atoms with E-state index in [1.165, 1.54) is 24.3 Å². The van der Waals surface area contributed by atoms with E-state index in [1.54, 1.807) is 13.0 Å². The van der Waals surface area contributed by atoms with Crippen molar-refractivity contribution in [2.45, 2.75) is 13.5 Å². The fraction of sp³-hybridized carbons (Fsp3) is 0.167. The van der Waals surface area contributed by atoms with Crippen molar-refractivity contribution in [2.24, 2.45) is 0 Å². The molecule has 0 fully saturated rings. The normalized spacial score (nSPS) is 10.2. The molecule has 0 aliphatic rings. The van der Waals surface area contributed by atoms with E-state index in [0.717, 1.165) is 0 Å². The van der Waals surface area contributed by atoms with Crippen LogP contribution < -0.4 is 5.32 Å². The summed E-state index contributed by atoms with van der Waals surface area (Å²) in [6, 6.07) is 7.21. The lowest BCUT2D eigenvalue weighted by Gasteiger charge is -2.07. The standard InChI is InChI=1S/C12H11N3O5/c1-8-6-9(14(16)17)2-4-11(8)13-7-10-3-5-12(20-10)15(18)19/h2-6,13H,7H2,1H3. The molecule has 0 aliphatic heterocycles. The van der Waals surface area contributed by atoms with Gasteiger partial charge in [-0.05, 0) is 24.6 Å².